The molecule has 0 aliphatic heterocycles. The molecule has 1 unspecified atom stereocenters. The molecule has 2 nitrogen and oxygen atoms in total. The Morgan fingerprint density at radius 1 is 1.14 bits per heavy atom. The fourth-order valence-electron chi connectivity index (χ4n) is 2.39. The van der Waals surface area contributed by atoms with Crippen LogP contribution in [0.4, 0.5) is 8.78 Å². The van der Waals surface area contributed by atoms with Crippen LogP contribution in [-0.4, -0.2) is 13.7 Å². The van der Waals surface area contributed by atoms with E-state index in [1.807, 2.05) is 13.8 Å². The first-order valence-electron chi connectivity index (χ1n) is 6.89. The molecule has 0 aliphatic carbocycles. The van der Waals surface area contributed by atoms with Gasteiger partial charge in [0.15, 0.2) is 11.6 Å². The zero-order chi connectivity index (χ0) is 15.4. The first-order chi connectivity index (χ1) is 10.1. The molecule has 4 heteroatoms. The molecular weight excluding hydrogens is 272 g/mol. The van der Waals surface area contributed by atoms with Crippen molar-refractivity contribution < 1.29 is 13.5 Å². The number of hydrogen-bond donors (Lipinski definition) is 1. The Labute approximate surface area is 123 Å². The zero-order valence-electron chi connectivity index (χ0n) is 12.4. The lowest BCUT2D eigenvalue weighted by molar-refractivity contribution is 0.385. The number of benzene rings is 2. The lowest BCUT2D eigenvalue weighted by Gasteiger charge is -2.21. The molecule has 1 atom stereocenters. The molecule has 0 radical (unpaired) electrons. The van der Waals surface area contributed by atoms with E-state index in [0.29, 0.717) is 6.54 Å². The predicted molar refractivity (Wildman–Crippen MR) is 79.6 cm³/mol. The Bertz CT molecular complexity index is 628. The first-order valence-corrected chi connectivity index (χ1v) is 6.89. The van der Waals surface area contributed by atoms with Crippen LogP contribution in [0.25, 0.3) is 0 Å². The maximum absolute atomic E-state index is 13.6. The molecule has 2 rings (SSSR count). The molecule has 112 valence electrons. The van der Waals surface area contributed by atoms with Gasteiger partial charge in [0.25, 0.3) is 0 Å². The van der Waals surface area contributed by atoms with Crippen molar-refractivity contribution in [2.45, 2.75) is 19.9 Å². The summed E-state index contributed by atoms with van der Waals surface area (Å²) in [5.41, 5.74) is 2.65. The number of hydrogen-bond acceptors (Lipinski definition) is 2. The third-order valence-electron chi connectivity index (χ3n) is 3.47. The molecule has 0 heterocycles. The summed E-state index contributed by atoms with van der Waals surface area (Å²) in [6.07, 6.45) is 0. The molecule has 0 bridgehead atoms. The number of rotatable bonds is 5. The highest BCUT2D eigenvalue weighted by Gasteiger charge is 2.17. The van der Waals surface area contributed by atoms with Gasteiger partial charge in [0.2, 0.25) is 0 Å². The minimum atomic E-state index is -0.410. The standard InChI is InChI=1S/C17H19F2NO/c1-4-20-17(14-10-13(18)7-5-11(14)2)12-6-8-15(19)16(9-12)21-3/h5-10,17,20H,4H2,1-3H3. The lowest BCUT2D eigenvalue weighted by atomic mass is 9.94. The van der Waals surface area contributed by atoms with Crippen molar-refractivity contribution in [3.05, 3.63) is 64.7 Å². The molecule has 2 aromatic rings. The molecule has 0 amide bonds. The second-order valence-corrected chi connectivity index (χ2v) is 4.89. The van der Waals surface area contributed by atoms with Crippen molar-refractivity contribution in [3.8, 4) is 5.75 Å². The maximum Gasteiger partial charge on any atom is 0.165 e. The van der Waals surface area contributed by atoms with E-state index in [4.69, 9.17) is 4.74 Å². The van der Waals surface area contributed by atoms with E-state index in [1.54, 1.807) is 18.2 Å². The average Bonchev–Trinajstić information content (AvgIpc) is 2.48. The van der Waals surface area contributed by atoms with Crippen molar-refractivity contribution in [1.29, 1.82) is 0 Å². The van der Waals surface area contributed by atoms with Crippen molar-refractivity contribution in [2.75, 3.05) is 13.7 Å². The van der Waals surface area contributed by atoms with Gasteiger partial charge in [-0.05, 0) is 54.4 Å². The van der Waals surface area contributed by atoms with Gasteiger partial charge in [0, 0.05) is 0 Å². The molecule has 2 aromatic carbocycles. The number of nitrogens with one attached hydrogen (secondary N) is 1. The summed E-state index contributed by atoms with van der Waals surface area (Å²) in [6, 6.07) is 9.19. The molecule has 21 heavy (non-hydrogen) atoms. The number of ether oxygens (including phenoxy) is 1. The summed E-state index contributed by atoms with van der Waals surface area (Å²) in [5.74, 6) is -0.510. The molecule has 0 aromatic heterocycles. The van der Waals surface area contributed by atoms with Crippen molar-refractivity contribution in [1.82, 2.24) is 5.32 Å². The fraction of sp³-hybridized carbons (Fsp3) is 0.294. The summed E-state index contributed by atoms with van der Waals surface area (Å²) in [4.78, 5) is 0. The third-order valence-corrected chi connectivity index (χ3v) is 3.47. The van der Waals surface area contributed by atoms with Gasteiger partial charge in [0.1, 0.15) is 5.82 Å². The monoisotopic (exact) mass is 291 g/mol. The average molecular weight is 291 g/mol. The Kier molecular flexibility index (Phi) is 4.91. The summed E-state index contributed by atoms with van der Waals surface area (Å²) < 4.78 is 32.1. The summed E-state index contributed by atoms with van der Waals surface area (Å²) in [5, 5.41) is 3.31. The minimum absolute atomic E-state index is 0.185. The van der Waals surface area contributed by atoms with Crippen molar-refractivity contribution >= 4 is 0 Å². The molecule has 0 fully saturated rings. The number of methoxy groups -OCH3 is 1. The highest BCUT2D eigenvalue weighted by atomic mass is 19.1. The molecule has 0 aliphatic rings. The first kappa shape index (κ1) is 15.4. The smallest absolute Gasteiger partial charge is 0.165 e. The lowest BCUT2D eigenvalue weighted by Crippen LogP contribution is -2.23. The van der Waals surface area contributed by atoms with E-state index in [0.717, 1.165) is 16.7 Å². The Morgan fingerprint density at radius 3 is 2.57 bits per heavy atom. The summed E-state index contributed by atoms with van der Waals surface area (Å²) >= 11 is 0. The van der Waals surface area contributed by atoms with Crippen LogP contribution >= 0.6 is 0 Å². The Hall–Kier alpha value is -1.94. The van der Waals surface area contributed by atoms with Gasteiger partial charge in [-0.25, -0.2) is 8.78 Å². The normalized spacial score (nSPS) is 12.2. The van der Waals surface area contributed by atoms with Gasteiger partial charge in [-0.1, -0.05) is 19.1 Å². The largest absolute Gasteiger partial charge is 0.494 e. The van der Waals surface area contributed by atoms with Gasteiger partial charge in [-0.2, -0.15) is 0 Å². The highest BCUT2D eigenvalue weighted by molar-refractivity contribution is 5.40. The van der Waals surface area contributed by atoms with E-state index in [-0.39, 0.29) is 17.6 Å². The van der Waals surface area contributed by atoms with Crippen LogP contribution in [0.2, 0.25) is 0 Å². The second-order valence-electron chi connectivity index (χ2n) is 4.89. The van der Waals surface area contributed by atoms with Crippen LogP contribution in [0.15, 0.2) is 36.4 Å². The number of aryl methyl sites for hydroxylation is 1. The van der Waals surface area contributed by atoms with E-state index in [9.17, 15) is 8.78 Å². The van der Waals surface area contributed by atoms with Gasteiger partial charge >= 0.3 is 0 Å². The van der Waals surface area contributed by atoms with Gasteiger partial charge in [-0.15, -0.1) is 0 Å². The van der Waals surface area contributed by atoms with Crippen LogP contribution < -0.4 is 10.1 Å². The molecule has 1 N–H and O–H groups in total. The van der Waals surface area contributed by atoms with Crippen LogP contribution in [0.3, 0.4) is 0 Å². The fourth-order valence-corrected chi connectivity index (χ4v) is 2.39. The Balaban J connectivity index is 2.50. The summed E-state index contributed by atoms with van der Waals surface area (Å²) in [7, 11) is 1.43. The van der Waals surface area contributed by atoms with Crippen molar-refractivity contribution in [3.63, 3.8) is 0 Å². The van der Waals surface area contributed by atoms with E-state index < -0.39 is 5.82 Å². The van der Waals surface area contributed by atoms with E-state index >= 15 is 0 Å². The SMILES string of the molecule is CCNC(c1ccc(F)c(OC)c1)c1cc(F)ccc1C. The zero-order valence-corrected chi connectivity index (χ0v) is 12.4. The quantitative estimate of drug-likeness (QED) is 0.899. The van der Waals surface area contributed by atoms with E-state index in [1.165, 1.54) is 25.3 Å². The second kappa shape index (κ2) is 6.68. The van der Waals surface area contributed by atoms with Crippen molar-refractivity contribution in [2.24, 2.45) is 0 Å². The highest BCUT2D eigenvalue weighted by Crippen LogP contribution is 2.29. The number of halogens is 2. The van der Waals surface area contributed by atoms with Gasteiger partial charge in [-0.3, -0.25) is 0 Å². The Morgan fingerprint density at radius 2 is 1.90 bits per heavy atom. The van der Waals surface area contributed by atoms with Crippen LogP contribution in [0.1, 0.15) is 29.7 Å². The van der Waals surface area contributed by atoms with Gasteiger partial charge < -0.3 is 10.1 Å². The van der Waals surface area contributed by atoms with Crippen LogP contribution in [-0.2, 0) is 0 Å². The topological polar surface area (TPSA) is 21.3 Å². The predicted octanol–water partition coefficient (Wildman–Crippen LogP) is 3.98. The molecule has 0 saturated heterocycles. The van der Waals surface area contributed by atoms with E-state index in [2.05, 4.69) is 5.32 Å². The van der Waals surface area contributed by atoms with Crippen LogP contribution in [0.5, 0.6) is 5.75 Å². The minimum Gasteiger partial charge on any atom is -0.494 e. The maximum atomic E-state index is 13.6. The van der Waals surface area contributed by atoms with Gasteiger partial charge in [0.05, 0.1) is 13.2 Å². The van der Waals surface area contributed by atoms with Crippen LogP contribution in [0, 0.1) is 18.6 Å². The molecular formula is C17H19F2NO. The summed E-state index contributed by atoms with van der Waals surface area (Å²) in [6.45, 7) is 4.61. The molecule has 0 saturated carbocycles. The molecule has 0 spiro atoms. The third kappa shape index (κ3) is 3.39.